The summed E-state index contributed by atoms with van der Waals surface area (Å²) in [4.78, 5) is 16.2. The highest BCUT2D eigenvalue weighted by Crippen LogP contribution is 2.37. The number of ether oxygens (including phenoxy) is 1. The maximum atomic E-state index is 14.7. The first-order valence-corrected chi connectivity index (χ1v) is 12.3. The smallest absolute Gasteiger partial charge is 0.304 e. The minimum Gasteiger partial charge on any atom is -0.453 e. The van der Waals surface area contributed by atoms with E-state index in [1.54, 1.807) is 0 Å². The summed E-state index contributed by atoms with van der Waals surface area (Å²) < 4.78 is 52.4. The summed E-state index contributed by atoms with van der Waals surface area (Å²) in [6.07, 6.45) is 1.52. The molecular formula is C22H16FN3O5S3. The fraction of sp³-hybridized carbons (Fsp3) is 0.0455. The molecule has 4 aromatic rings. The molecule has 0 spiro atoms. The number of nitrogens with zero attached hydrogens (tertiary/aromatic N) is 1. The van der Waals surface area contributed by atoms with E-state index in [-0.39, 0.29) is 38.7 Å². The molecule has 0 radical (unpaired) electrons. The van der Waals surface area contributed by atoms with Crippen molar-refractivity contribution in [3.8, 4) is 11.5 Å². The molecule has 2 aromatic carbocycles. The summed E-state index contributed by atoms with van der Waals surface area (Å²) in [5.41, 5.74) is 1.40. The molecule has 174 valence electrons. The summed E-state index contributed by atoms with van der Waals surface area (Å²) in [6.45, 7) is 0. The Kier molecular flexibility index (Phi) is 6.84. The Morgan fingerprint density at radius 2 is 1.88 bits per heavy atom. The molecule has 2 heterocycles. The van der Waals surface area contributed by atoms with E-state index in [2.05, 4.69) is 15.6 Å². The van der Waals surface area contributed by atoms with E-state index in [1.165, 1.54) is 30.5 Å². The van der Waals surface area contributed by atoms with Crippen molar-refractivity contribution in [3.63, 3.8) is 0 Å². The van der Waals surface area contributed by atoms with Crippen LogP contribution in [0.3, 0.4) is 0 Å². The number of halogens is 1. The summed E-state index contributed by atoms with van der Waals surface area (Å²) in [7, 11) is -4.41. The quantitative estimate of drug-likeness (QED) is 0.252. The normalized spacial score (nSPS) is 11.2. The Bertz CT molecular complexity index is 1490. The van der Waals surface area contributed by atoms with Crippen molar-refractivity contribution in [3.05, 3.63) is 78.2 Å². The molecule has 8 nitrogen and oxygen atoms in total. The lowest BCUT2D eigenvalue weighted by molar-refractivity contribution is -0.119. The largest absolute Gasteiger partial charge is 0.453 e. The molecule has 0 saturated heterocycles. The van der Waals surface area contributed by atoms with Crippen LogP contribution in [0.25, 0.3) is 10.2 Å². The number of fused-ring (bicyclic) bond motifs is 1. The van der Waals surface area contributed by atoms with Crippen molar-refractivity contribution < 1.29 is 26.9 Å². The highest BCUT2D eigenvalue weighted by atomic mass is 32.3. The Balaban J connectivity index is 1.44. The van der Waals surface area contributed by atoms with Gasteiger partial charge in [0.15, 0.2) is 16.7 Å². The van der Waals surface area contributed by atoms with Crippen LogP contribution in [0.1, 0.15) is 5.56 Å². The molecule has 3 N–H and O–H groups in total. The third-order valence-electron chi connectivity index (χ3n) is 4.48. The number of pyridine rings is 1. The van der Waals surface area contributed by atoms with Gasteiger partial charge < -0.3 is 15.4 Å². The zero-order chi connectivity index (χ0) is 24.3. The zero-order valence-corrected chi connectivity index (χ0v) is 19.6. The van der Waals surface area contributed by atoms with Gasteiger partial charge in [-0.25, -0.2) is 4.39 Å². The predicted molar refractivity (Wildman–Crippen MR) is 130 cm³/mol. The molecule has 34 heavy (non-hydrogen) atoms. The van der Waals surface area contributed by atoms with Crippen LogP contribution in [0.5, 0.6) is 11.5 Å². The fourth-order valence-electron chi connectivity index (χ4n) is 2.99. The second-order valence-electron chi connectivity index (χ2n) is 6.98. The number of rotatable bonds is 6. The molecule has 0 aliphatic rings. The van der Waals surface area contributed by atoms with Crippen molar-refractivity contribution in [2.24, 2.45) is 0 Å². The maximum Gasteiger partial charge on any atom is 0.304 e. The summed E-state index contributed by atoms with van der Waals surface area (Å²) in [5.74, 6) is -0.988. The molecule has 0 fully saturated rings. The lowest BCUT2D eigenvalue weighted by atomic mass is 10.1. The first-order chi connectivity index (χ1) is 16.2. The summed E-state index contributed by atoms with van der Waals surface area (Å²) in [6, 6.07) is 15.8. The van der Waals surface area contributed by atoms with Crippen molar-refractivity contribution in [2.45, 2.75) is 10.6 Å². The maximum absolute atomic E-state index is 14.7. The van der Waals surface area contributed by atoms with Crippen LogP contribution in [0, 0.1) is 5.82 Å². The van der Waals surface area contributed by atoms with Gasteiger partial charge in [0, 0.05) is 24.0 Å². The number of thiophene rings is 1. The first kappa shape index (κ1) is 23.7. The number of hydrogen-bond donors (Lipinski definition) is 3. The predicted octanol–water partition coefficient (Wildman–Crippen LogP) is 4.53. The van der Waals surface area contributed by atoms with E-state index in [0.29, 0.717) is 10.4 Å². The van der Waals surface area contributed by atoms with E-state index < -0.39 is 15.9 Å². The topological polar surface area (TPSA) is 118 Å². The van der Waals surface area contributed by atoms with Crippen molar-refractivity contribution in [1.29, 1.82) is 0 Å². The molecule has 0 unspecified atom stereocenters. The van der Waals surface area contributed by atoms with Crippen LogP contribution in [0.4, 0.5) is 10.1 Å². The molecule has 0 bridgehead atoms. The monoisotopic (exact) mass is 517 g/mol. The van der Waals surface area contributed by atoms with Crippen LogP contribution in [-0.4, -0.2) is 29.0 Å². The lowest BCUT2D eigenvalue weighted by Crippen LogP contribution is -2.35. The number of carbonyl (C=O) groups is 1. The average molecular weight is 518 g/mol. The highest BCUT2D eigenvalue weighted by molar-refractivity contribution is 7.88. The van der Waals surface area contributed by atoms with Gasteiger partial charge in [-0.2, -0.15) is 8.42 Å². The van der Waals surface area contributed by atoms with E-state index >= 15 is 0 Å². The van der Waals surface area contributed by atoms with Crippen LogP contribution >= 0.6 is 23.6 Å². The van der Waals surface area contributed by atoms with Gasteiger partial charge in [-0.1, -0.05) is 30.3 Å². The van der Waals surface area contributed by atoms with Gasteiger partial charge in [-0.15, -0.1) is 11.3 Å². The number of benzene rings is 2. The number of aromatic nitrogens is 1. The van der Waals surface area contributed by atoms with Crippen molar-refractivity contribution in [1.82, 2.24) is 10.3 Å². The highest BCUT2D eigenvalue weighted by Gasteiger charge is 2.18. The Hall–Kier alpha value is -3.45. The van der Waals surface area contributed by atoms with Gasteiger partial charge in [0.1, 0.15) is 9.96 Å². The van der Waals surface area contributed by atoms with Crippen LogP contribution in [-0.2, 0) is 21.3 Å². The van der Waals surface area contributed by atoms with E-state index in [9.17, 15) is 22.2 Å². The van der Waals surface area contributed by atoms with Gasteiger partial charge in [0.2, 0.25) is 5.91 Å². The van der Waals surface area contributed by atoms with Crippen LogP contribution in [0.2, 0.25) is 0 Å². The minimum absolute atomic E-state index is 0.0150. The standard InChI is InChI=1S/C22H16FN3O5S3/c23-15-11-14(25-22(32)26-19(27)10-13-4-2-1-3-5-13)6-7-17(15)31-18-8-9-24-16-12-20(33-21(16)18)34(28,29)30/h1-9,11-12H,10H2,(H,28,29,30)(H2,25,26,27,32). The van der Waals surface area contributed by atoms with Gasteiger partial charge in [-0.3, -0.25) is 14.3 Å². The SMILES string of the molecule is O=C(Cc1ccccc1)NC(=S)Nc1ccc(Oc2ccnc3cc(S(=O)(=O)O)sc23)c(F)c1. The number of hydrogen-bond acceptors (Lipinski definition) is 7. The first-order valence-electron chi connectivity index (χ1n) is 9.67. The Morgan fingerprint density at radius 1 is 1.12 bits per heavy atom. The average Bonchev–Trinajstić information content (AvgIpc) is 3.22. The summed E-state index contributed by atoms with van der Waals surface area (Å²) in [5, 5.41) is 5.29. The molecule has 0 aliphatic heterocycles. The van der Waals surface area contributed by atoms with Gasteiger partial charge >= 0.3 is 10.1 Å². The lowest BCUT2D eigenvalue weighted by Gasteiger charge is -2.12. The molecule has 0 atom stereocenters. The second-order valence-corrected chi connectivity index (χ2v) is 10.1. The van der Waals surface area contributed by atoms with Gasteiger partial charge in [0.25, 0.3) is 0 Å². The molecule has 12 heteroatoms. The third kappa shape index (κ3) is 5.72. The molecule has 0 aliphatic carbocycles. The molecule has 2 aromatic heterocycles. The number of anilines is 1. The molecule has 1 amide bonds. The number of amides is 1. The third-order valence-corrected chi connectivity index (χ3v) is 7.12. The van der Waals surface area contributed by atoms with Crippen molar-refractivity contribution >= 4 is 60.6 Å². The Labute approximate surface area is 203 Å². The zero-order valence-electron chi connectivity index (χ0n) is 17.2. The number of carbonyl (C=O) groups excluding carboxylic acids is 1. The van der Waals surface area contributed by atoms with Crippen LogP contribution < -0.4 is 15.4 Å². The number of nitrogens with one attached hydrogen (secondary N) is 2. The van der Waals surface area contributed by atoms with Gasteiger partial charge in [-0.05, 0) is 36.0 Å². The molecule has 0 saturated carbocycles. The van der Waals surface area contributed by atoms with Gasteiger partial charge in [0.05, 0.1) is 16.6 Å². The van der Waals surface area contributed by atoms with E-state index in [0.717, 1.165) is 23.0 Å². The fourth-order valence-corrected chi connectivity index (χ4v) is 4.96. The second kappa shape index (κ2) is 9.81. The Morgan fingerprint density at radius 3 is 2.59 bits per heavy atom. The van der Waals surface area contributed by atoms with E-state index in [1.807, 2.05) is 30.3 Å². The minimum atomic E-state index is -4.41. The molecule has 4 rings (SSSR count). The summed E-state index contributed by atoms with van der Waals surface area (Å²) >= 11 is 5.88. The van der Waals surface area contributed by atoms with E-state index in [4.69, 9.17) is 17.0 Å². The molecular weight excluding hydrogens is 501 g/mol. The van der Waals surface area contributed by atoms with Crippen molar-refractivity contribution in [2.75, 3.05) is 5.32 Å². The number of thiocarbonyl (C=S) groups is 1. The van der Waals surface area contributed by atoms with Crippen LogP contribution in [0.15, 0.2) is 71.1 Å².